The predicted octanol–water partition coefficient (Wildman–Crippen LogP) is 1.78. The van der Waals surface area contributed by atoms with Crippen molar-refractivity contribution >= 4 is 17.5 Å². The molecule has 0 amide bonds. The van der Waals surface area contributed by atoms with Crippen molar-refractivity contribution in [3.8, 4) is 0 Å². The minimum absolute atomic E-state index is 0.0291. The highest BCUT2D eigenvalue weighted by Gasteiger charge is 2.08. The van der Waals surface area contributed by atoms with E-state index in [2.05, 4.69) is 20.3 Å². The van der Waals surface area contributed by atoms with Crippen LogP contribution in [0.15, 0.2) is 36.4 Å². The lowest BCUT2D eigenvalue weighted by molar-refractivity contribution is -0.384. The fraction of sp³-hybridized carbons (Fsp3) is 0.154. The van der Waals surface area contributed by atoms with Gasteiger partial charge < -0.3 is 10.1 Å². The molecule has 2 aromatic rings. The standard InChI is InChI=1S/C13H12N4O4/c1-21-13(18)11-5-6-12(16-15-11)14-8-9-3-2-4-10(7-9)17(19)20/h2-7H,8H2,1H3,(H,14,16). The highest BCUT2D eigenvalue weighted by atomic mass is 16.6. The number of esters is 1. The van der Waals surface area contributed by atoms with Crippen molar-refractivity contribution < 1.29 is 14.5 Å². The van der Waals surface area contributed by atoms with E-state index in [1.54, 1.807) is 18.2 Å². The molecule has 21 heavy (non-hydrogen) atoms. The average molecular weight is 288 g/mol. The molecule has 1 aromatic heterocycles. The number of nitrogens with zero attached hydrogens (tertiary/aromatic N) is 3. The lowest BCUT2D eigenvalue weighted by Crippen LogP contribution is -2.08. The van der Waals surface area contributed by atoms with Crippen LogP contribution in [-0.4, -0.2) is 28.2 Å². The number of benzene rings is 1. The molecule has 1 aromatic carbocycles. The number of carbonyl (C=O) groups is 1. The van der Waals surface area contributed by atoms with Gasteiger partial charge in [-0.05, 0) is 17.7 Å². The number of nitro benzene ring substituents is 1. The fourth-order valence-electron chi connectivity index (χ4n) is 1.61. The Morgan fingerprint density at radius 1 is 1.33 bits per heavy atom. The summed E-state index contributed by atoms with van der Waals surface area (Å²) in [6.07, 6.45) is 0. The summed E-state index contributed by atoms with van der Waals surface area (Å²) in [5, 5.41) is 21.2. The number of ether oxygens (including phenoxy) is 1. The van der Waals surface area contributed by atoms with E-state index in [0.717, 1.165) is 5.56 Å². The fourth-order valence-corrected chi connectivity index (χ4v) is 1.61. The maximum Gasteiger partial charge on any atom is 0.358 e. The van der Waals surface area contributed by atoms with Gasteiger partial charge in [-0.3, -0.25) is 10.1 Å². The van der Waals surface area contributed by atoms with Crippen LogP contribution in [0.3, 0.4) is 0 Å². The third-order valence-corrected chi connectivity index (χ3v) is 2.65. The zero-order valence-corrected chi connectivity index (χ0v) is 11.1. The van der Waals surface area contributed by atoms with Gasteiger partial charge in [-0.1, -0.05) is 12.1 Å². The summed E-state index contributed by atoms with van der Waals surface area (Å²) in [4.78, 5) is 21.4. The molecule has 1 N–H and O–H groups in total. The Morgan fingerprint density at radius 2 is 2.14 bits per heavy atom. The molecule has 1 heterocycles. The van der Waals surface area contributed by atoms with Gasteiger partial charge in [0.1, 0.15) is 5.82 Å². The number of hydrogen-bond acceptors (Lipinski definition) is 7. The molecule has 2 rings (SSSR count). The van der Waals surface area contributed by atoms with Gasteiger partial charge in [0.2, 0.25) is 0 Å². The molecule has 0 atom stereocenters. The minimum Gasteiger partial charge on any atom is -0.464 e. The second-order valence-electron chi connectivity index (χ2n) is 4.08. The number of nitro groups is 1. The molecule has 0 aliphatic rings. The Bertz CT molecular complexity index is 657. The third kappa shape index (κ3) is 3.72. The molecule has 0 saturated heterocycles. The molecule has 0 fully saturated rings. The Labute approximate surface area is 119 Å². The van der Waals surface area contributed by atoms with E-state index in [1.165, 1.54) is 25.3 Å². The van der Waals surface area contributed by atoms with Crippen LogP contribution in [0.4, 0.5) is 11.5 Å². The van der Waals surface area contributed by atoms with Crippen LogP contribution >= 0.6 is 0 Å². The first kappa shape index (κ1) is 14.4. The average Bonchev–Trinajstić information content (AvgIpc) is 2.53. The van der Waals surface area contributed by atoms with Crippen molar-refractivity contribution in [1.82, 2.24) is 10.2 Å². The van der Waals surface area contributed by atoms with Crippen LogP contribution in [-0.2, 0) is 11.3 Å². The smallest absolute Gasteiger partial charge is 0.358 e. The van der Waals surface area contributed by atoms with Gasteiger partial charge in [0, 0.05) is 18.7 Å². The number of aromatic nitrogens is 2. The minimum atomic E-state index is -0.562. The molecule has 8 nitrogen and oxygen atoms in total. The van der Waals surface area contributed by atoms with Crippen molar-refractivity contribution in [2.24, 2.45) is 0 Å². The van der Waals surface area contributed by atoms with E-state index in [0.29, 0.717) is 12.4 Å². The quantitative estimate of drug-likeness (QED) is 0.507. The van der Waals surface area contributed by atoms with E-state index >= 15 is 0 Å². The maximum absolute atomic E-state index is 11.2. The van der Waals surface area contributed by atoms with Gasteiger partial charge in [-0.2, -0.15) is 0 Å². The number of hydrogen-bond donors (Lipinski definition) is 1. The molecule has 108 valence electrons. The van der Waals surface area contributed by atoms with Crippen molar-refractivity contribution in [2.45, 2.75) is 6.54 Å². The lowest BCUT2D eigenvalue weighted by atomic mass is 10.2. The largest absolute Gasteiger partial charge is 0.464 e. The molecule has 0 saturated carbocycles. The number of anilines is 1. The van der Waals surface area contributed by atoms with Gasteiger partial charge >= 0.3 is 5.97 Å². The molecule has 8 heteroatoms. The van der Waals surface area contributed by atoms with Crippen molar-refractivity contribution in [3.05, 3.63) is 57.8 Å². The first-order valence-corrected chi connectivity index (χ1v) is 5.99. The second kappa shape index (κ2) is 6.42. The Kier molecular flexibility index (Phi) is 4.39. The van der Waals surface area contributed by atoms with E-state index in [9.17, 15) is 14.9 Å². The molecule has 0 unspecified atom stereocenters. The zero-order chi connectivity index (χ0) is 15.2. The molecule has 0 bridgehead atoms. The van der Waals surface area contributed by atoms with E-state index in [4.69, 9.17) is 0 Å². The summed E-state index contributed by atoms with van der Waals surface area (Å²) < 4.78 is 4.52. The summed E-state index contributed by atoms with van der Waals surface area (Å²) in [5.41, 5.74) is 0.878. The van der Waals surface area contributed by atoms with Gasteiger partial charge in [0.25, 0.3) is 5.69 Å². The summed E-state index contributed by atoms with van der Waals surface area (Å²) in [6.45, 7) is 0.355. The molecule has 0 radical (unpaired) electrons. The van der Waals surface area contributed by atoms with Crippen molar-refractivity contribution in [1.29, 1.82) is 0 Å². The first-order valence-electron chi connectivity index (χ1n) is 5.99. The number of carbonyl (C=O) groups excluding carboxylic acids is 1. The summed E-state index contributed by atoms with van der Waals surface area (Å²) >= 11 is 0. The molecular formula is C13H12N4O4. The summed E-state index contributed by atoms with van der Waals surface area (Å²) in [6, 6.07) is 9.33. The maximum atomic E-state index is 11.2. The first-order chi connectivity index (χ1) is 10.1. The molecule has 0 aliphatic heterocycles. The van der Waals surface area contributed by atoms with Crippen LogP contribution in [0.5, 0.6) is 0 Å². The molecule has 0 aliphatic carbocycles. The number of nitrogens with one attached hydrogen (secondary N) is 1. The Hall–Kier alpha value is -3.03. The topological polar surface area (TPSA) is 107 Å². The van der Waals surface area contributed by atoms with E-state index in [1.807, 2.05) is 0 Å². The van der Waals surface area contributed by atoms with E-state index < -0.39 is 10.9 Å². The highest BCUT2D eigenvalue weighted by molar-refractivity contribution is 5.86. The normalized spacial score (nSPS) is 9.95. The van der Waals surface area contributed by atoms with Crippen molar-refractivity contribution in [2.75, 3.05) is 12.4 Å². The SMILES string of the molecule is COC(=O)c1ccc(NCc2cccc([N+](=O)[O-])c2)nn1. The number of methoxy groups -OCH3 is 1. The van der Waals surface area contributed by atoms with Crippen LogP contribution in [0.1, 0.15) is 16.1 Å². The van der Waals surface area contributed by atoms with Crippen LogP contribution < -0.4 is 5.32 Å². The zero-order valence-electron chi connectivity index (χ0n) is 11.1. The highest BCUT2D eigenvalue weighted by Crippen LogP contribution is 2.14. The van der Waals surface area contributed by atoms with Gasteiger partial charge in [0.05, 0.1) is 12.0 Å². The summed E-state index contributed by atoms with van der Waals surface area (Å²) in [7, 11) is 1.26. The van der Waals surface area contributed by atoms with Crippen LogP contribution in [0.2, 0.25) is 0 Å². The number of non-ortho nitro benzene ring substituents is 1. The second-order valence-corrected chi connectivity index (χ2v) is 4.08. The predicted molar refractivity (Wildman–Crippen MR) is 73.8 cm³/mol. The Morgan fingerprint density at radius 3 is 2.76 bits per heavy atom. The monoisotopic (exact) mass is 288 g/mol. The molecular weight excluding hydrogens is 276 g/mol. The van der Waals surface area contributed by atoms with Gasteiger partial charge in [-0.15, -0.1) is 10.2 Å². The Balaban J connectivity index is 2.01. The molecule has 0 spiro atoms. The lowest BCUT2D eigenvalue weighted by Gasteiger charge is -2.05. The van der Waals surface area contributed by atoms with E-state index in [-0.39, 0.29) is 11.4 Å². The van der Waals surface area contributed by atoms with Crippen molar-refractivity contribution in [3.63, 3.8) is 0 Å². The number of rotatable bonds is 5. The van der Waals surface area contributed by atoms with Gasteiger partial charge in [-0.25, -0.2) is 4.79 Å². The van der Waals surface area contributed by atoms with Crippen LogP contribution in [0, 0.1) is 10.1 Å². The summed E-state index contributed by atoms with van der Waals surface area (Å²) in [5.74, 6) is -0.109. The third-order valence-electron chi connectivity index (χ3n) is 2.65. The van der Waals surface area contributed by atoms with Gasteiger partial charge in [0.15, 0.2) is 5.69 Å². The van der Waals surface area contributed by atoms with Crippen LogP contribution in [0.25, 0.3) is 0 Å².